The first-order valence-corrected chi connectivity index (χ1v) is 12.6. The molecule has 0 radical (unpaired) electrons. The van der Waals surface area contributed by atoms with Crippen molar-refractivity contribution in [2.45, 2.75) is 65.0 Å². The van der Waals surface area contributed by atoms with Gasteiger partial charge < -0.3 is 21.8 Å². The van der Waals surface area contributed by atoms with E-state index in [1.807, 2.05) is 0 Å². The van der Waals surface area contributed by atoms with Crippen LogP contribution in [0.1, 0.15) is 68.5 Å². The van der Waals surface area contributed by atoms with Gasteiger partial charge in [0.05, 0.1) is 0 Å². The van der Waals surface area contributed by atoms with Gasteiger partial charge in [0, 0.05) is 28.7 Å². The maximum atomic E-state index is 14.9. The Balaban J connectivity index is 1.59. The number of carbonyl (C=O) groups excluding carboxylic acids is 2. The number of aromatic nitrogens is 3. The molecule has 2 heterocycles. The summed E-state index contributed by atoms with van der Waals surface area (Å²) in [4.78, 5) is 30.6. The Hall–Kier alpha value is -3.70. The van der Waals surface area contributed by atoms with Crippen LogP contribution < -0.4 is 16.4 Å². The van der Waals surface area contributed by atoms with Gasteiger partial charge in [-0.2, -0.15) is 9.49 Å². The molecule has 2 atom stereocenters. The third kappa shape index (κ3) is 5.89. The van der Waals surface area contributed by atoms with Crippen molar-refractivity contribution in [3.8, 4) is 0 Å². The summed E-state index contributed by atoms with van der Waals surface area (Å²) >= 11 is 0. The molecule has 2 amide bonds. The highest BCUT2D eigenvalue weighted by molar-refractivity contribution is 6.21. The average Bonchev–Trinajstić information content (AvgIpc) is 3.78. The van der Waals surface area contributed by atoms with E-state index in [0.29, 0.717) is 0 Å². The molecule has 0 aliphatic heterocycles. The number of anilines is 1. The molecule has 2 saturated carbocycles. The molecular weight excluding hydrogens is 499 g/mol. The average molecular weight is 532 g/mol. The molecule has 2 aliphatic rings. The van der Waals surface area contributed by atoms with Gasteiger partial charge in [0.2, 0.25) is 11.9 Å². The molecule has 2 aromatic rings. The molecule has 0 spiro atoms. The number of alkyl halides is 2. The summed E-state index contributed by atoms with van der Waals surface area (Å²) < 4.78 is 42.5. The summed E-state index contributed by atoms with van der Waals surface area (Å²) in [7, 11) is 0. The Morgan fingerprint density at radius 1 is 1.13 bits per heavy atom. The lowest BCUT2D eigenvalue weighted by Gasteiger charge is -2.27. The van der Waals surface area contributed by atoms with Gasteiger partial charge in [-0.3, -0.25) is 14.3 Å². The normalized spacial score (nSPS) is 17.7. The second kappa shape index (κ2) is 11.0. The molecule has 38 heavy (non-hydrogen) atoms. The van der Waals surface area contributed by atoms with E-state index < -0.39 is 36.3 Å². The number of halogens is 3. The molecule has 0 bridgehead atoms. The minimum Gasteiger partial charge on any atom is -0.402 e. The lowest BCUT2D eigenvalue weighted by Crippen LogP contribution is -2.50. The van der Waals surface area contributed by atoms with E-state index in [0.717, 1.165) is 30.4 Å². The van der Waals surface area contributed by atoms with Gasteiger partial charge in [0.25, 0.3) is 12.3 Å². The van der Waals surface area contributed by atoms with Crippen molar-refractivity contribution in [2.24, 2.45) is 23.5 Å². The Morgan fingerprint density at radius 2 is 1.76 bits per heavy atom. The molecule has 1 unspecified atom stereocenters. The summed E-state index contributed by atoms with van der Waals surface area (Å²) in [5.74, 6) is -1.84. The van der Waals surface area contributed by atoms with E-state index >= 15 is 0 Å². The Kier molecular flexibility index (Phi) is 7.89. The molecule has 2 fully saturated rings. The molecule has 12 heteroatoms. The van der Waals surface area contributed by atoms with Crippen LogP contribution in [-0.2, 0) is 4.79 Å². The van der Waals surface area contributed by atoms with Gasteiger partial charge in [-0.15, -0.1) is 0 Å². The molecular formula is C26H32F3N7O2. The van der Waals surface area contributed by atoms with Crippen LogP contribution in [0.5, 0.6) is 0 Å². The van der Waals surface area contributed by atoms with Crippen molar-refractivity contribution in [1.29, 1.82) is 5.41 Å². The van der Waals surface area contributed by atoms with Crippen molar-refractivity contribution in [1.82, 2.24) is 20.1 Å². The van der Waals surface area contributed by atoms with Crippen molar-refractivity contribution < 1.29 is 22.8 Å². The highest BCUT2D eigenvalue weighted by Gasteiger charge is 2.48. The van der Waals surface area contributed by atoms with Crippen LogP contribution in [0.15, 0.2) is 30.1 Å². The number of hydrogen-bond acceptors (Lipinski definition) is 6. The standard InChI is InChI=1S/C26H32F3N7O2/c1-12(30)20(13(2)31)17-8-9-19(33-24(17)29)34-26(38)22(21(15-4-5-15)16-6-7-16)35-25(37)18-10-11-32-36(18)14(3)23(27)28/h8-11,14-16,21-23,30H,4-7,31H2,1-3H3,(H,35,37)(H,33,34,38)/b20-13+,30-12?/t14?,22-/m0/s1. The predicted octanol–water partition coefficient (Wildman–Crippen LogP) is 4.15. The highest BCUT2D eigenvalue weighted by atomic mass is 19.3. The SMILES string of the molecule is CC(=N)/C(=C(/C)N)c1ccc(NC(=O)[C@@H](NC(=O)c2ccnn2C(C)C(F)F)C(C2CC2)C2CC2)nc1F. The summed E-state index contributed by atoms with van der Waals surface area (Å²) in [6, 6.07) is 1.83. The minimum absolute atomic E-state index is 0.0376. The van der Waals surface area contributed by atoms with Crippen molar-refractivity contribution in [3.05, 3.63) is 47.3 Å². The molecule has 0 saturated heterocycles. The van der Waals surface area contributed by atoms with Gasteiger partial charge >= 0.3 is 0 Å². The molecule has 2 aliphatic carbocycles. The van der Waals surface area contributed by atoms with E-state index in [4.69, 9.17) is 11.1 Å². The molecule has 0 aromatic carbocycles. The summed E-state index contributed by atoms with van der Waals surface area (Å²) in [6.45, 7) is 4.30. The van der Waals surface area contributed by atoms with Crippen LogP contribution in [0.2, 0.25) is 0 Å². The summed E-state index contributed by atoms with van der Waals surface area (Å²) in [5, 5.41) is 17.1. The van der Waals surface area contributed by atoms with Crippen LogP contribution in [0.25, 0.3) is 5.57 Å². The molecule has 204 valence electrons. The number of amides is 2. The van der Waals surface area contributed by atoms with Crippen LogP contribution in [0, 0.1) is 29.1 Å². The largest absolute Gasteiger partial charge is 0.402 e. The molecule has 5 N–H and O–H groups in total. The number of rotatable bonds is 11. The number of allylic oxidation sites excluding steroid dienone is 2. The number of nitrogens with zero attached hydrogens (tertiary/aromatic N) is 3. The summed E-state index contributed by atoms with van der Waals surface area (Å²) in [5.41, 5.74) is 6.33. The van der Waals surface area contributed by atoms with E-state index in [9.17, 15) is 22.8 Å². The third-order valence-electron chi connectivity index (χ3n) is 7.08. The van der Waals surface area contributed by atoms with E-state index in [2.05, 4.69) is 20.7 Å². The molecule has 2 aromatic heterocycles. The van der Waals surface area contributed by atoms with Crippen LogP contribution >= 0.6 is 0 Å². The fraction of sp³-hybridized carbons (Fsp3) is 0.500. The molecule has 9 nitrogen and oxygen atoms in total. The minimum atomic E-state index is -2.73. The quantitative estimate of drug-likeness (QED) is 0.255. The second-order valence-electron chi connectivity index (χ2n) is 10.1. The zero-order valence-corrected chi connectivity index (χ0v) is 21.5. The van der Waals surface area contributed by atoms with Crippen LogP contribution in [0.4, 0.5) is 19.0 Å². The third-order valence-corrected chi connectivity index (χ3v) is 7.08. The Bertz CT molecular complexity index is 1250. The van der Waals surface area contributed by atoms with E-state index in [-0.39, 0.29) is 51.8 Å². The van der Waals surface area contributed by atoms with Crippen molar-refractivity contribution >= 4 is 28.9 Å². The number of nitrogens with two attached hydrogens (primary N) is 1. The maximum Gasteiger partial charge on any atom is 0.270 e. The number of carbonyl (C=O) groups is 2. The lowest BCUT2D eigenvalue weighted by atomic mass is 9.88. The zero-order valence-electron chi connectivity index (χ0n) is 21.5. The van der Waals surface area contributed by atoms with Gasteiger partial charge in [-0.1, -0.05) is 0 Å². The van der Waals surface area contributed by atoms with Gasteiger partial charge in [-0.25, -0.2) is 13.8 Å². The Labute approximate surface area is 218 Å². The topological polar surface area (TPSA) is 139 Å². The second-order valence-corrected chi connectivity index (χ2v) is 10.1. The smallest absolute Gasteiger partial charge is 0.270 e. The van der Waals surface area contributed by atoms with Crippen LogP contribution in [-0.4, -0.2) is 44.8 Å². The monoisotopic (exact) mass is 531 g/mol. The predicted molar refractivity (Wildman–Crippen MR) is 136 cm³/mol. The fourth-order valence-corrected chi connectivity index (χ4v) is 4.97. The maximum absolute atomic E-state index is 14.9. The fourth-order valence-electron chi connectivity index (χ4n) is 4.97. The van der Waals surface area contributed by atoms with Gasteiger partial charge in [0.15, 0.2) is 0 Å². The first-order valence-electron chi connectivity index (χ1n) is 12.6. The highest BCUT2D eigenvalue weighted by Crippen LogP contribution is 2.51. The summed E-state index contributed by atoms with van der Waals surface area (Å²) in [6.07, 6.45) is 2.25. The van der Waals surface area contributed by atoms with Crippen LogP contribution in [0.3, 0.4) is 0 Å². The Morgan fingerprint density at radius 3 is 2.26 bits per heavy atom. The number of hydrogen-bond donors (Lipinski definition) is 4. The van der Waals surface area contributed by atoms with E-state index in [1.165, 1.54) is 38.2 Å². The number of nitrogens with one attached hydrogen (secondary N) is 3. The first-order chi connectivity index (χ1) is 18.0. The van der Waals surface area contributed by atoms with E-state index in [1.54, 1.807) is 6.92 Å². The lowest BCUT2D eigenvalue weighted by molar-refractivity contribution is -0.119. The van der Waals surface area contributed by atoms with Gasteiger partial charge in [0.1, 0.15) is 23.6 Å². The number of pyridine rings is 1. The van der Waals surface area contributed by atoms with Crippen molar-refractivity contribution in [2.75, 3.05) is 5.32 Å². The van der Waals surface area contributed by atoms with Crippen molar-refractivity contribution in [3.63, 3.8) is 0 Å². The van der Waals surface area contributed by atoms with Gasteiger partial charge in [-0.05, 0) is 82.4 Å². The zero-order chi connectivity index (χ0) is 27.7. The molecule has 4 rings (SSSR count). The first kappa shape index (κ1) is 27.3.